The smallest absolute Gasteiger partial charge is 0.462 e. The van der Waals surface area contributed by atoms with Crippen molar-refractivity contribution in [1.82, 2.24) is 0 Å². The number of esters is 2. The van der Waals surface area contributed by atoms with Crippen molar-refractivity contribution in [2.24, 2.45) is 0 Å². The van der Waals surface area contributed by atoms with Crippen molar-refractivity contribution in [3.8, 4) is 0 Å². The van der Waals surface area contributed by atoms with Crippen LogP contribution in [0.25, 0.3) is 0 Å². The lowest BCUT2D eigenvalue weighted by Crippen LogP contribution is -2.29. The van der Waals surface area contributed by atoms with Crippen LogP contribution in [0.5, 0.6) is 0 Å². The number of aliphatic hydroxyl groups excluding tert-OH is 2. The number of carbonyl (C=O) groups excluding carboxylic acids is 2. The van der Waals surface area contributed by atoms with Gasteiger partial charge in [-0.2, -0.15) is 0 Å². The van der Waals surface area contributed by atoms with Crippen molar-refractivity contribution >= 4 is 19.8 Å². The first kappa shape index (κ1) is 51.5. The normalized spacial score (nSPS) is 14.1. The fraction of sp³-hybridized carbons (Fsp3) is 0.857. The Kier molecular flexibility index (Phi) is 37.6. The Hall–Kier alpha value is -1.55. The fourth-order valence-corrected chi connectivity index (χ4v) is 6.58. The Labute approximate surface area is 323 Å². The zero-order valence-electron chi connectivity index (χ0n) is 33.7. The van der Waals surface area contributed by atoms with Crippen molar-refractivity contribution < 1.29 is 47.8 Å². The van der Waals surface area contributed by atoms with E-state index in [4.69, 9.17) is 19.1 Å². The van der Waals surface area contributed by atoms with Gasteiger partial charge in [0, 0.05) is 12.8 Å². The van der Waals surface area contributed by atoms with Crippen molar-refractivity contribution in [2.45, 2.75) is 206 Å². The molecule has 0 spiro atoms. The van der Waals surface area contributed by atoms with E-state index in [0.29, 0.717) is 12.8 Å². The number of unbranched alkanes of at least 4 members (excludes halogenated alkanes) is 22. The molecule has 0 amide bonds. The lowest BCUT2D eigenvalue weighted by Gasteiger charge is -2.20. The zero-order chi connectivity index (χ0) is 39.1. The molecular weight excluding hydrogens is 695 g/mol. The molecule has 53 heavy (non-hydrogen) atoms. The van der Waals surface area contributed by atoms with Crippen LogP contribution in [0.4, 0.5) is 0 Å². The summed E-state index contributed by atoms with van der Waals surface area (Å²) in [7, 11) is -4.63. The number of hydrogen-bond donors (Lipinski definition) is 3. The molecule has 0 saturated carbocycles. The molecule has 0 saturated heterocycles. The van der Waals surface area contributed by atoms with Crippen LogP contribution in [0.15, 0.2) is 24.3 Å². The number of rotatable bonds is 40. The van der Waals surface area contributed by atoms with E-state index in [0.717, 1.165) is 25.7 Å². The number of allylic oxidation sites excluding steroid dienone is 4. The molecule has 0 aliphatic carbocycles. The number of aliphatic hydroxyl groups is 2. The van der Waals surface area contributed by atoms with Gasteiger partial charge < -0.3 is 24.6 Å². The van der Waals surface area contributed by atoms with Crippen LogP contribution in [-0.4, -0.2) is 65.7 Å². The van der Waals surface area contributed by atoms with E-state index in [1.165, 1.54) is 128 Å². The Bertz CT molecular complexity index is 941. The minimum atomic E-state index is -4.63. The van der Waals surface area contributed by atoms with Gasteiger partial charge in [0.05, 0.1) is 19.8 Å². The predicted molar refractivity (Wildman–Crippen MR) is 215 cm³/mol. The van der Waals surface area contributed by atoms with Gasteiger partial charge in [0.15, 0.2) is 6.10 Å². The highest BCUT2D eigenvalue weighted by molar-refractivity contribution is 7.47. The second-order valence-corrected chi connectivity index (χ2v) is 15.8. The highest BCUT2D eigenvalue weighted by atomic mass is 31.2. The average molecular weight is 775 g/mol. The molecule has 312 valence electrons. The van der Waals surface area contributed by atoms with Gasteiger partial charge in [-0.1, -0.05) is 167 Å². The molecular formula is C42H79O10P. The quantitative estimate of drug-likeness (QED) is 0.0238. The molecule has 0 fully saturated rings. The van der Waals surface area contributed by atoms with Gasteiger partial charge in [-0.25, -0.2) is 4.57 Å². The topological polar surface area (TPSA) is 149 Å². The maximum absolute atomic E-state index is 12.6. The van der Waals surface area contributed by atoms with Gasteiger partial charge in [-0.05, 0) is 38.5 Å². The average Bonchev–Trinajstić information content (AvgIpc) is 3.14. The Morgan fingerprint density at radius 1 is 0.547 bits per heavy atom. The van der Waals surface area contributed by atoms with Crippen molar-refractivity contribution in [3.63, 3.8) is 0 Å². The Balaban J connectivity index is 4.38. The molecule has 1 unspecified atom stereocenters. The maximum Gasteiger partial charge on any atom is 0.472 e. The summed E-state index contributed by atoms with van der Waals surface area (Å²) in [6, 6.07) is 0. The second kappa shape index (κ2) is 38.7. The SMILES string of the molecule is CCCCCCCCCCCCC/C=C/CCC(=O)OC[C@H](COP(=O)(O)OC[C@@H](O)CO)OC(=O)CC/C=C/CCCCCCCCCCCCC. The van der Waals surface area contributed by atoms with Crippen LogP contribution < -0.4 is 0 Å². The molecule has 11 heteroatoms. The molecule has 0 heterocycles. The summed E-state index contributed by atoms with van der Waals surface area (Å²) >= 11 is 0. The van der Waals surface area contributed by atoms with Gasteiger partial charge in [0.2, 0.25) is 0 Å². The highest BCUT2D eigenvalue weighted by Gasteiger charge is 2.27. The molecule has 3 N–H and O–H groups in total. The van der Waals surface area contributed by atoms with Crippen LogP contribution >= 0.6 is 7.82 Å². The van der Waals surface area contributed by atoms with Gasteiger partial charge in [0.1, 0.15) is 12.7 Å². The number of ether oxygens (including phenoxy) is 2. The molecule has 0 aromatic heterocycles. The van der Waals surface area contributed by atoms with Crippen molar-refractivity contribution in [2.75, 3.05) is 26.4 Å². The maximum atomic E-state index is 12.6. The van der Waals surface area contributed by atoms with Gasteiger partial charge >= 0.3 is 19.8 Å². The molecule has 0 rings (SSSR count). The minimum absolute atomic E-state index is 0.0963. The summed E-state index contributed by atoms with van der Waals surface area (Å²) in [5.74, 6) is -1.03. The van der Waals surface area contributed by atoms with Crippen LogP contribution in [0.3, 0.4) is 0 Å². The molecule has 0 aliphatic rings. The first-order valence-corrected chi connectivity index (χ1v) is 22.8. The first-order valence-electron chi connectivity index (χ1n) is 21.3. The Morgan fingerprint density at radius 2 is 0.925 bits per heavy atom. The van der Waals surface area contributed by atoms with Gasteiger partial charge in [0.25, 0.3) is 0 Å². The summed E-state index contributed by atoms with van der Waals surface area (Å²) in [5.41, 5.74) is 0. The molecule has 0 aliphatic heterocycles. The van der Waals surface area contributed by atoms with Crippen LogP contribution in [0, 0.1) is 0 Å². The van der Waals surface area contributed by atoms with E-state index >= 15 is 0 Å². The number of phosphoric ester groups is 1. The summed E-state index contributed by atoms with van der Waals surface area (Å²) in [4.78, 5) is 34.9. The molecule has 0 bridgehead atoms. The summed E-state index contributed by atoms with van der Waals surface area (Å²) in [5, 5.41) is 18.3. The lowest BCUT2D eigenvalue weighted by atomic mass is 10.1. The van der Waals surface area contributed by atoms with E-state index < -0.39 is 51.8 Å². The minimum Gasteiger partial charge on any atom is -0.462 e. The zero-order valence-corrected chi connectivity index (χ0v) is 34.6. The van der Waals surface area contributed by atoms with Crippen LogP contribution in [0.2, 0.25) is 0 Å². The first-order chi connectivity index (χ1) is 25.7. The summed E-state index contributed by atoms with van der Waals surface area (Å²) in [6.07, 6.45) is 37.4. The molecule has 10 nitrogen and oxygen atoms in total. The van der Waals surface area contributed by atoms with E-state index in [1.54, 1.807) is 0 Å². The lowest BCUT2D eigenvalue weighted by molar-refractivity contribution is -0.161. The number of carbonyl (C=O) groups is 2. The van der Waals surface area contributed by atoms with Crippen LogP contribution in [-0.2, 0) is 32.7 Å². The molecule has 0 radical (unpaired) electrons. The van der Waals surface area contributed by atoms with Crippen molar-refractivity contribution in [1.29, 1.82) is 0 Å². The third-order valence-electron chi connectivity index (χ3n) is 9.10. The van der Waals surface area contributed by atoms with E-state index in [-0.39, 0.29) is 19.4 Å². The van der Waals surface area contributed by atoms with Crippen molar-refractivity contribution in [3.05, 3.63) is 24.3 Å². The molecule has 0 aromatic rings. The summed E-state index contributed by atoms with van der Waals surface area (Å²) < 4.78 is 32.6. The van der Waals surface area contributed by atoms with Gasteiger partial charge in [-0.15, -0.1) is 0 Å². The third-order valence-corrected chi connectivity index (χ3v) is 10.1. The summed E-state index contributed by atoms with van der Waals surface area (Å²) in [6.45, 7) is 2.31. The predicted octanol–water partition coefficient (Wildman–Crippen LogP) is 11.0. The van der Waals surface area contributed by atoms with E-state index in [9.17, 15) is 24.2 Å². The standard InChI is InChI=1S/C42H79O10P/c1-3-5-7-9-11-13-15-17-19-21-23-25-27-29-31-33-41(45)49-37-40(38-51-53(47,48)50-36-39(44)35-43)52-42(46)34-32-30-28-26-24-22-20-18-16-14-12-10-8-6-4-2/h27-30,39-40,43-44H,3-26,31-38H2,1-2H3,(H,47,48)/b29-27+,30-28+/t39-,40+/m0/s1. The largest absolute Gasteiger partial charge is 0.472 e. The van der Waals surface area contributed by atoms with E-state index in [1.807, 2.05) is 12.2 Å². The highest BCUT2D eigenvalue weighted by Crippen LogP contribution is 2.43. The molecule has 3 atom stereocenters. The second-order valence-electron chi connectivity index (χ2n) is 14.4. The monoisotopic (exact) mass is 775 g/mol. The van der Waals surface area contributed by atoms with Crippen LogP contribution in [0.1, 0.15) is 194 Å². The fourth-order valence-electron chi connectivity index (χ4n) is 5.79. The third kappa shape index (κ3) is 38.5. The Morgan fingerprint density at radius 3 is 1.36 bits per heavy atom. The van der Waals surface area contributed by atoms with Gasteiger partial charge in [-0.3, -0.25) is 18.6 Å². The van der Waals surface area contributed by atoms with E-state index in [2.05, 4.69) is 30.5 Å². The number of hydrogen-bond acceptors (Lipinski definition) is 9. The number of phosphoric acid groups is 1. The molecule has 0 aromatic carbocycles.